The van der Waals surface area contributed by atoms with Gasteiger partial charge in [0.25, 0.3) is 0 Å². The average molecular weight is 324 g/mol. The zero-order valence-electron chi connectivity index (χ0n) is 11.8. The van der Waals surface area contributed by atoms with Crippen LogP contribution in [0, 0.1) is 0 Å². The van der Waals surface area contributed by atoms with Gasteiger partial charge in [0.2, 0.25) is 0 Å². The summed E-state index contributed by atoms with van der Waals surface area (Å²) in [5.74, 6) is -0.972. The Morgan fingerprint density at radius 3 is 2.62 bits per heavy atom. The van der Waals surface area contributed by atoms with Gasteiger partial charge in [0.05, 0.1) is 26.8 Å². The molecule has 1 heterocycles. The highest BCUT2D eigenvalue weighted by atomic mass is 35.5. The summed E-state index contributed by atoms with van der Waals surface area (Å²) in [5, 5.41) is 11.0. The SMILES string of the molecule is CC1(C)CCCc2c1nc1c(Cl)ccc(Cl)c1c2C(=O)O. The number of fused-ring (bicyclic) bond motifs is 2. The van der Waals surface area contributed by atoms with Crippen molar-refractivity contribution < 1.29 is 9.90 Å². The number of carboxylic acid groups (broad SMARTS) is 1. The van der Waals surface area contributed by atoms with Crippen LogP contribution < -0.4 is 0 Å². The number of hydrogen-bond donors (Lipinski definition) is 1. The standard InChI is InChI=1S/C16H15Cl2NO2/c1-16(2)7-3-4-8-11(15(20)21)12-9(17)5-6-10(18)13(12)19-14(8)16/h5-6H,3-4,7H2,1-2H3,(H,20,21). The number of carbonyl (C=O) groups is 1. The first-order valence-corrected chi connectivity index (χ1v) is 7.63. The van der Waals surface area contributed by atoms with E-state index in [0.29, 0.717) is 27.4 Å². The van der Waals surface area contributed by atoms with Crippen molar-refractivity contribution in [3.8, 4) is 0 Å². The summed E-state index contributed by atoms with van der Waals surface area (Å²) in [6.07, 6.45) is 2.65. The molecule has 0 fully saturated rings. The van der Waals surface area contributed by atoms with Crippen LogP contribution in [-0.2, 0) is 11.8 Å². The van der Waals surface area contributed by atoms with Gasteiger partial charge in [-0.15, -0.1) is 0 Å². The molecule has 3 rings (SSSR count). The van der Waals surface area contributed by atoms with E-state index in [2.05, 4.69) is 13.8 Å². The van der Waals surface area contributed by atoms with Crippen molar-refractivity contribution in [1.29, 1.82) is 0 Å². The third kappa shape index (κ3) is 2.19. The normalized spacial score (nSPS) is 16.8. The second kappa shape index (κ2) is 4.85. The van der Waals surface area contributed by atoms with E-state index in [4.69, 9.17) is 28.2 Å². The van der Waals surface area contributed by atoms with Gasteiger partial charge in [0.15, 0.2) is 0 Å². The molecule has 0 amide bonds. The zero-order chi connectivity index (χ0) is 15.4. The Balaban J connectivity index is 2.53. The van der Waals surface area contributed by atoms with Gasteiger partial charge in [-0.05, 0) is 37.0 Å². The van der Waals surface area contributed by atoms with E-state index in [-0.39, 0.29) is 11.0 Å². The lowest BCUT2D eigenvalue weighted by atomic mass is 9.74. The lowest BCUT2D eigenvalue weighted by molar-refractivity contribution is 0.0697. The minimum atomic E-state index is -0.972. The van der Waals surface area contributed by atoms with Crippen LogP contribution in [0.4, 0.5) is 0 Å². The lowest BCUT2D eigenvalue weighted by Crippen LogP contribution is -2.27. The number of nitrogens with zero attached hydrogens (tertiary/aromatic N) is 1. The Morgan fingerprint density at radius 1 is 1.29 bits per heavy atom. The van der Waals surface area contributed by atoms with Crippen molar-refractivity contribution in [1.82, 2.24) is 4.98 Å². The van der Waals surface area contributed by atoms with E-state index >= 15 is 0 Å². The summed E-state index contributed by atoms with van der Waals surface area (Å²) in [6, 6.07) is 3.29. The van der Waals surface area contributed by atoms with Crippen LogP contribution in [0.2, 0.25) is 10.0 Å². The lowest BCUT2D eigenvalue weighted by Gasteiger charge is -2.32. The molecule has 1 aliphatic carbocycles. The Morgan fingerprint density at radius 2 is 1.95 bits per heavy atom. The molecular weight excluding hydrogens is 309 g/mol. The topological polar surface area (TPSA) is 50.2 Å². The van der Waals surface area contributed by atoms with Crippen LogP contribution in [0.5, 0.6) is 0 Å². The van der Waals surface area contributed by atoms with Crippen molar-refractivity contribution in [2.75, 3.05) is 0 Å². The predicted octanol–water partition coefficient (Wildman–Crippen LogP) is 4.85. The molecule has 3 nitrogen and oxygen atoms in total. The number of pyridine rings is 1. The maximum Gasteiger partial charge on any atom is 0.336 e. The van der Waals surface area contributed by atoms with Gasteiger partial charge in [-0.2, -0.15) is 0 Å². The number of benzene rings is 1. The highest BCUT2D eigenvalue weighted by molar-refractivity contribution is 6.41. The van der Waals surface area contributed by atoms with E-state index in [1.165, 1.54) is 0 Å². The van der Waals surface area contributed by atoms with Crippen molar-refractivity contribution in [2.45, 2.75) is 38.5 Å². The molecule has 1 N–H and O–H groups in total. The van der Waals surface area contributed by atoms with Crippen LogP contribution in [-0.4, -0.2) is 16.1 Å². The molecule has 1 aromatic heterocycles. The van der Waals surface area contributed by atoms with Gasteiger partial charge in [0, 0.05) is 10.8 Å². The fourth-order valence-electron chi connectivity index (χ4n) is 3.20. The largest absolute Gasteiger partial charge is 0.478 e. The highest BCUT2D eigenvalue weighted by Crippen LogP contribution is 2.42. The fourth-order valence-corrected chi connectivity index (χ4v) is 3.65. The second-order valence-electron chi connectivity index (χ2n) is 6.11. The van der Waals surface area contributed by atoms with Gasteiger partial charge in [0.1, 0.15) is 0 Å². The Hall–Kier alpha value is -1.32. The molecule has 0 atom stereocenters. The number of carboxylic acids is 1. The van der Waals surface area contributed by atoms with E-state index < -0.39 is 5.97 Å². The van der Waals surface area contributed by atoms with E-state index in [1.807, 2.05) is 0 Å². The average Bonchev–Trinajstić information content (AvgIpc) is 2.41. The first-order chi connectivity index (χ1) is 9.83. The second-order valence-corrected chi connectivity index (χ2v) is 6.92. The van der Waals surface area contributed by atoms with Gasteiger partial charge < -0.3 is 5.11 Å². The van der Waals surface area contributed by atoms with Crippen molar-refractivity contribution >= 4 is 40.1 Å². The molecule has 110 valence electrons. The molecule has 0 saturated carbocycles. The molecule has 0 spiro atoms. The third-order valence-electron chi connectivity index (χ3n) is 4.22. The van der Waals surface area contributed by atoms with Crippen molar-refractivity contribution in [2.24, 2.45) is 0 Å². The number of aromatic nitrogens is 1. The summed E-state index contributed by atoms with van der Waals surface area (Å²) in [6.45, 7) is 4.18. The van der Waals surface area contributed by atoms with Gasteiger partial charge in [-0.1, -0.05) is 37.0 Å². The van der Waals surface area contributed by atoms with Crippen LogP contribution >= 0.6 is 23.2 Å². The zero-order valence-corrected chi connectivity index (χ0v) is 13.3. The fraction of sp³-hybridized carbons (Fsp3) is 0.375. The Labute approximate surface area is 132 Å². The molecule has 1 aliphatic rings. The third-order valence-corrected chi connectivity index (χ3v) is 4.84. The smallest absolute Gasteiger partial charge is 0.336 e. The summed E-state index contributed by atoms with van der Waals surface area (Å²) >= 11 is 12.5. The maximum atomic E-state index is 11.8. The molecule has 0 bridgehead atoms. The van der Waals surface area contributed by atoms with Crippen molar-refractivity contribution in [3.63, 3.8) is 0 Å². The maximum absolute atomic E-state index is 11.8. The van der Waals surface area contributed by atoms with Crippen LogP contribution in [0.3, 0.4) is 0 Å². The highest BCUT2D eigenvalue weighted by Gasteiger charge is 2.34. The molecule has 5 heteroatoms. The quantitative estimate of drug-likeness (QED) is 0.815. The summed E-state index contributed by atoms with van der Waals surface area (Å²) < 4.78 is 0. The number of halogens is 2. The van der Waals surface area contributed by atoms with E-state index in [0.717, 1.165) is 24.1 Å². The summed E-state index contributed by atoms with van der Waals surface area (Å²) in [4.78, 5) is 16.5. The summed E-state index contributed by atoms with van der Waals surface area (Å²) in [7, 11) is 0. The summed E-state index contributed by atoms with van der Waals surface area (Å²) in [5.41, 5.74) is 2.22. The predicted molar refractivity (Wildman–Crippen MR) is 84.7 cm³/mol. The van der Waals surface area contributed by atoms with Crippen LogP contribution in [0.1, 0.15) is 48.3 Å². The Bertz CT molecular complexity index is 769. The first kappa shape index (κ1) is 14.6. The number of rotatable bonds is 1. The molecule has 0 aliphatic heterocycles. The van der Waals surface area contributed by atoms with Crippen LogP contribution in [0.15, 0.2) is 12.1 Å². The monoisotopic (exact) mass is 323 g/mol. The molecule has 2 aromatic rings. The minimum Gasteiger partial charge on any atom is -0.478 e. The Kier molecular flexibility index (Phi) is 3.38. The molecule has 0 radical (unpaired) electrons. The van der Waals surface area contributed by atoms with Gasteiger partial charge in [-0.25, -0.2) is 4.79 Å². The minimum absolute atomic E-state index is 0.155. The van der Waals surface area contributed by atoms with E-state index in [1.54, 1.807) is 12.1 Å². The number of hydrogen-bond acceptors (Lipinski definition) is 2. The number of aromatic carboxylic acids is 1. The molecule has 21 heavy (non-hydrogen) atoms. The van der Waals surface area contributed by atoms with Crippen LogP contribution in [0.25, 0.3) is 10.9 Å². The molecule has 0 unspecified atom stereocenters. The van der Waals surface area contributed by atoms with Crippen molar-refractivity contribution in [3.05, 3.63) is 39.0 Å². The molecule has 0 saturated heterocycles. The first-order valence-electron chi connectivity index (χ1n) is 6.87. The molecule has 1 aromatic carbocycles. The van der Waals surface area contributed by atoms with E-state index in [9.17, 15) is 9.90 Å². The van der Waals surface area contributed by atoms with Gasteiger partial charge >= 0.3 is 5.97 Å². The van der Waals surface area contributed by atoms with Gasteiger partial charge in [-0.3, -0.25) is 4.98 Å². The molecular formula is C16H15Cl2NO2.